The second kappa shape index (κ2) is 3.58. The topological polar surface area (TPSA) is 21.3 Å². The Morgan fingerprint density at radius 1 is 1.46 bits per heavy atom. The van der Waals surface area contributed by atoms with Crippen molar-refractivity contribution in [3.63, 3.8) is 0 Å². The highest BCUT2D eigenvalue weighted by Gasteiger charge is 2.36. The normalized spacial score (nSPS) is 39.7. The summed E-state index contributed by atoms with van der Waals surface area (Å²) >= 11 is 0. The van der Waals surface area contributed by atoms with Crippen molar-refractivity contribution in [1.82, 2.24) is 5.32 Å². The molecule has 1 aliphatic heterocycles. The third-order valence-corrected chi connectivity index (χ3v) is 3.66. The van der Waals surface area contributed by atoms with E-state index in [1.165, 1.54) is 32.2 Å². The fourth-order valence-corrected chi connectivity index (χ4v) is 2.04. The third kappa shape index (κ3) is 2.23. The van der Waals surface area contributed by atoms with Crippen molar-refractivity contribution in [2.45, 2.75) is 51.2 Å². The molecule has 2 heteroatoms. The maximum absolute atomic E-state index is 5.58. The van der Waals surface area contributed by atoms with E-state index in [0.29, 0.717) is 6.10 Å². The van der Waals surface area contributed by atoms with Gasteiger partial charge in [0.15, 0.2) is 0 Å². The Kier molecular flexibility index (Phi) is 2.61. The molecule has 1 aliphatic carbocycles. The van der Waals surface area contributed by atoms with Gasteiger partial charge >= 0.3 is 0 Å². The summed E-state index contributed by atoms with van der Waals surface area (Å²) in [5.74, 6) is 1.04. The molecule has 2 nitrogen and oxygen atoms in total. The highest BCUT2D eigenvalue weighted by atomic mass is 16.5. The molecule has 0 amide bonds. The highest BCUT2D eigenvalue weighted by molar-refractivity contribution is 4.93. The van der Waals surface area contributed by atoms with Gasteiger partial charge in [-0.2, -0.15) is 0 Å². The van der Waals surface area contributed by atoms with Crippen molar-refractivity contribution in [3.8, 4) is 0 Å². The number of hydrogen-bond acceptors (Lipinski definition) is 2. The summed E-state index contributed by atoms with van der Waals surface area (Å²) in [5, 5.41) is 3.65. The van der Waals surface area contributed by atoms with Crippen molar-refractivity contribution >= 4 is 0 Å². The molecule has 2 atom stereocenters. The number of nitrogens with one attached hydrogen (secondary N) is 1. The van der Waals surface area contributed by atoms with Crippen LogP contribution in [-0.4, -0.2) is 24.8 Å². The first-order chi connectivity index (χ1) is 6.21. The predicted octanol–water partition coefficient (Wildman–Crippen LogP) is 1.94. The molecule has 1 heterocycles. The second-order valence-corrected chi connectivity index (χ2v) is 4.84. The van der Waals surface area contributed by atoms with Crippen LogP contribution in [0.15, 0.2) is 0 Å². The number of rotatable bonds is 4. The predicted molar refractivity (Wildman–Crippen MR) is 53.8 cm³/mol. The summed E-state index contributed by atoms with van der Waals surface area (Å²) in [6.07, 6.45) is 5.84. The van der Waals surface area contributed by atoms with Crippen LogP contribution in [0.5, 0.6) is 0 Å². The largest absolute Gasteiger partial charge is 0.377 e. The molecule has 76 valence electrons. The van der Waals surface area contributed by atoms with Crippen LogP contribution < -0.4 is 5.32 Å². The van der Waals surface area contributed by atoms with E-state index in [0.717, 1.165) is 12.5 Å². The smallest absolute Gasteiger partial charge is 0.0726 e. The fourth-order valence-electron chi connectivity index (χ4n) is 2.04. The van der Waals surface area contributed by atoms with Gasteiger partial charge in [0.2, 0.25) is 0 Å². The first-order valence-electron chi connectivity index (χ1n) is 5.57. The Morgan fingerprint density at radius 3 is 2.77 bits per heavy atom. The molecule has 1 N–H and O–H groups in total. The highest BCUT2D eigenvalue weighted by Crippen LogP contribution is 2.32. The Labute approximate surface area is 81.0 Å². The maximum atomic E-state index is 5.58. The van der Waals surface area contributed by atoms with Crippen molar-refractivity contribution in [2.24, 2.45) is 5.92 Å². The van der Waals surface area contributed by atoms with E-state index < -0.39 is 0 Å². The average Bonchev–Trinajstić information content (AvgIpc) is 2.83. The van der Waals surface area contributed by atoms with Gasteiger partial charge < -0.3 is 10.1 Å². The lowest BCUT2D eigenvalue weighted by Gasteiger charge is -2.29. The van der Waals surface area contributed by atoms with Gasteiger partial charge in [0.1, 0.15) is 0 Å². The minimum absolute atomic E-state index is 0.245. The zero-order valence-corrected chi connectivity index (χ0v) is 8.81. The summed E-state index contributed by atoms with van der Waals surface area (Å²) in [5.41, 5.74) is 0.245. The zero-order chi connectivity index (χ0) is 9.31. The Bertz CT molecular complexity index is 179. The SMILES string of the molecule is CC1OCCC1(C)NCCC1CC1. The molecule has 1 saturated heterocycles. The van der Waals surface area contributed by atoms with Gasteiger partial charge in [-0.15, -0.1) is 0 Å². The van der Waals surface area contributed by atoms with Gasteiger partial charge in [-0.1, -0.05) is 12.8 Å². The summed E-state index contributed by atoms with van der Waals surface area (Å²) in [7, 11) is 0. The van der Waals surface area contributed by atoms with Crippen molar-refractivity contribution in [3.05, 3.63) is 0 Å². The lowest BCUT2D eigenvalue weighted by molar-refractivity contribution is 0.0886. The molecule has 2 rings (SSSR count). The van der Waals surface area contributed by atoms with Crippen LogP contribution in [0.4, 0.5) is 0 Å². The Balaban J connectivity index is 1.71. The molecular weight excluding hydrogens is 162 g/mol. The lowest BCUT2D eigenvalue weighted by Crippen LogP contribution is -2.48. The van der Waals surface area contributed by atoms with Crippen molar-refractivity contribution in [2.75, 3.05) is 13.2 Å². The minimum atomic E-state index is 0.245. The molecule has 2 aliphatic rings. The van der Waals surface area contributed by atoms with E-state index in [9.17, 15) is 0 Å². The van der Waals surface area contributed by atoms with Crippen LogP contribution in [0.25, 0.3) is 0 Å². The first kappa shape index (κ1) is 9.47. The van der Waals surface area contributed by atoms with Gasteiger partial charge in [0.05, 0.1) is 6.10 Å². The molecule has 0 aromatic rings. The van der Waals surface area contributed by atoms with E-state index in [4.69, 9.17) is 4.74 Å². The van der Waals surface area contributed by atoms with E-state index >= 15 is 0 Å². The Hall–Kier alpha value is -0.0800. The molecule has 0 bridgehead atoms. The van der Waals surface area contributed by atoms with Gasteiger partial charge in [0, 0.05) is 12.1 Å². The van der Waals surface area contributed by atoms with Crippen LogP contribution >= 0.6 is 0 Å². The standard InChI is InChI=1S/C11H21NO/c1-9-11(2,6-8-13-9)12-7-5-10-3-4-10/h9-10,12H,3-8H2,1-2H3. The van der Waals surface area contributed by atoms with Crippen molar-refractivity contribution < 1.29 is 4.74 Å². The van der Waals surface area contributed by atoms with E-state index in [-0.39, 0.29) is 5.54 Å². The monoisotopic (exact) mass is 183 g/mol. The van der Waals surface area contributed by atoms with Gasteiger partial charge in [-0.25, -0.2) is 0 Å². The van der Waals surface area contributed by atoms with Gasteiger partial charge in [-0.05, 0) is 39.2 Å². The molecule has 0 radical (unpaired) electrons. The molecule has 0 aromatic heterocycles. The van der Waals surface area contributed by atoms with Crippen LogP contribution in [0.3, 0.4) is 0 Å². The fraction of sp³-hybridized carbons (Fsp3) is 1.00. The van der Waals surface area contributed by atoms with Gasteiger partial charge in [-0.3, -0.25) is 0 Å². The summed E-state index contributed by atoms with van der Waals surface area (Å²) < 4.78 is 5.58. The quantitative estimate of drug-likeness (QED) is 0.719. The molecule has 0 spiro atoms. The summed E-state index contributed by atoms with van der Waals surface area (Å²) in [6, 6.07) is 0. The van der Waals surface area contributed by atoms with E-state index in [2.05, 4.69) is 19.2 Å². The first-order valence-corrected chi connectivity index (χ1v) is 5.57. The number of ether oxygens (including phenoxy) is 1. The third-order valence-electron chi connectivity index (χ3n) is 3.66. The van der Waals surface area contributed by atoms with Crippen LogP contribution in [0, 0.1) is 5.92 Å². The molecule has 13 heavy (non-hydrogen) atoms. The van der Waals surface area contributed by atoms with Crippen LogP contribution in [-0.2, 0) is 4.74 Å². The summed E-state index contributed by atoms with van der Waals surface area (Å²) in [4.78, 5) is 0. The second-order valence-electron chi connectivity index (χ2n) is 4.84. The average molecular weight is 183 g/mol. The van der Waals surface area contributed by atoms with E-state index in [1.54, 1.807) is 0 Å². The summed E-state index contributed by atoms with van der Waals surface area (Å²) in [6.45, 7) is 6.57. The zero-order valence-electron chi connectivity index (χ0n) is 8.81. The van der Waals surface area contributed by atoms with Crippen LogP contribution in [0.1, 0.15) is 39.5 Å². The maximum Gasteiger partial charge on any atom is 0.0726 e. The lowest BCUT2D eigenvalue weighted by atomic mass is 9.94. The molecular formula is C11H21NO. The molecule has 0 aromatic carbocycles. The molecule has 1 saturated carbocycles. The van der Waals surface area contributed by atoms with Crippen molar-refractivity contribution in [1.29, 1.82) is 0 Å². The molecule has 2 unspecified atom stereocenters. The van der Waals surface area contributed by atoms with E-state index in [1.807, 2.05) is 0 Å². The molecule has 2 fully saturated rings. The Morgan fingerprint density at radius 2 is 2.23 bits per heavy atom. The van der Waals surface area contributed by atoms with Gasteiger partial charge in [0.25, 0.3) is 0 Å². The van der Waals surface area contributed by atoms with Crippen LogP contribution in [0.2, 0.25) is 0 Å². The number of hydrogen-bond donors (Lipinski definition) is 1. The minimum Gasteiger partial charge on any atom is -0.377 e.